The summed E-state index contributed by atoms with van der Waals surface area (Å²) < 4.78 is 12.0. The van der Waals surface area contributed by atoms with E-state index in [1.165, 1.54) is 29.1 Å². The highest BCUT2D eigenvalue weighted by atomic mass is 16.5. The number of hydrogen-bond donors (Lipinski definition) is 4. The van der Waals surface area contributed by atoms with E-state index in [1.807, 2.05) is 71.9 Å². The van der Waals surface area contributed by atoms with Gasteiger partial charge >= 0.3 is 5.97 Å². The van der Waals surface area contributed by atoms with Crippen molar-refractivity contribution in [2.24, 2.45) is 29.6 Å². The molecule has 0 saturated carbocycles. The van der Waals surface area contributed by atoms with Crippen molar-refractivity contribution in [2.45, 2.75) is 169 Å². The summed E-state index contributed by atoms with van der Waals surface area (Å²) in [5.74, 6) is -4.23. The zero-order valence-electron chi connectivity index (χ0n) is 43.4. The number of nitrogens with one attached hydrogen (secondary N) is 2. The highest BCUT2D eigenvalue weighted by Gasteiger charge is 2.42. The number of allylic oxidation sites excluding steroid dienone is 1. The number of benzene rings is 1. The lowest BCUT2D eigenvalue weighted by Gasteiger charge is -2.36. The first-order chi connectivity index (χ1) is 32.6. The van der Waals surface area contributed by atoms with E-state index in [0.717, 1.165) is 23.1 Å². The summed E-state index contributed by atoms with van der Waals surface area (Å²) in [7, 11) is 4.68. The molecule has 4 N–H and O–H groups in total. The third-order valence-corrected chi connectivity index (χ3v) is 14.0. The van der Waals surface area contributed by atoms with Gasteiger partial charge in [0, 0.05) is 65.6 Å². The number of methoxy groups -OCH3 is 2. The van der Waals surface area contributed by atoms with E-state index in [0.29, 0.717) is 45.2 Å². The quantitative estimate of drug-likeness (QED) is 0.0572. The van der Waals surface area contributed by atoms with Crippen molar-refractivity contribution in [3.8, 4) is 0 Å². The Balaban J connectivity index is 1.67. The van der Waals surface area contributed by atoms with Crippen molar-refractivity contribution in [3.63, 3.8) is 0 Å². The van der Waals surface area contributed by atoms with Gasteiger partial charge in [-0.15, -0.1) is 0 Å². The lowest BCUT2D eigenvalue weighted by molar-refractivity contribution is -0.145. The van der Waals surface area contributed by atoms with E-state index < -0.39 is 66.3 Å². The molecular weight excluding hydrogens is 883 g/mol. The van der Waals surface area contributed by atoms with Crippen LogP contribution in [0.15, 0.2) is 48.1 Å². The van der Waals surface area contributed by atoms with E-state index in [9.17, 15) is 43.8 Å². The summed E-state index contributed by atoms with van der Waals surface area (Å²) in [6.07, 6.45) is 6.98. The monoisotopic (exact) mass is 966 g/mol. The highest BCUT2D eigenvalue weighted by molar-refractivity contribution is 5.94. The van der Waals surface area contributed by atoms with E-state index in [2.05, 4.69) is 24.5 Å². The smallest absolute Gasteiger partial charge is 0.326 e. The number of carboxylic acids is 1. The van der Waals surface area contributed by atoms with Gasteiger partial charge in [0.25, 0.3) is 0 Å². The minimum Gasteiger partial charge on any atom is -0.480 e. The molecule has 386 valence electrons. The molecular formula is C53H83N5O11. The van der Waals surface area contributed by atoms with Gasteiger partial charge in [-0.3, -0.25) is 28.8 Å². The molecule has 3 rings (SSSR count). The van der Waals surface area contributed by atoms with Crippen molar-refractivity contribution in [1.29, 1.82) is 0 Å². The number of hydrogen-bond acceptors (Lipinski definition) is 10. The molecule has 69 heavy (non-hydrogen) atoms. The molecule has 1 aromatic rings. The first-order valence-electron chi connectivity index (χ1n) is 24.9. The maximum Gasteiger partial charge on any atom is 0.326 e. The van der Waals surface area contributed by atoms with Crippen LogP contribution in [0.2, 0.25) is 0 Å². The maximum atomic E-state index is 14.3. The van der Waals surface area contributed by atoms with Gasteiger partial charge in [-0.1, -0.05) is 103 Å². The van der Waals surface area contributed by atoms with Gasteiger partial charge in [0.15, 0.2) is 5.78 Å². The van der Waals surface area contributed by atoms with Crippen LogP contribution in [0.25, 0.3) is 0 Å². The zero-order valence-corrected chi connectivity index (χ0v) is 43.4. The molecule has 16 heteroatoms. The first kappa shape index (κ1) is 58.4. The SMILES string of the molecule is CC[C@H](C)[C@H](/C=C(\C)CC(=O)[C@@H](NC(=O)[C@H](C(C)C)N(C)C(=O)CCCCCN1C(=O)C=CC1O)C(C)C)[C@@H](CC(=O)N1CCC[C@H]1[C@H](OC)[C@@H](C)C(=O)NC(Cc1ccc(C)cc1)C(=O)O)OC. The van der Waals surface area contributed by atoms with Crippen LogP contribution in [-0.4, -0.2) is 143 Å². The summed E-state index contributed by atoms with van der Waals surface area (Å²) in [6, 6.07) is 4.28. The number of aryl methyl sites for hydroxylation is 1. The van der Waals surface area contributed by atoms with E-state index in [4.69, 9.17) is 9.47 Å². The van der Waals surface area contributed by atoms with Gasteiger partial charge in [0.05, 0.1) is 36.6 Å². The number of amides is 5. The predicted octanol–water partition coefficient (Wildman–Crippen LogP) is 5.62. The number of aliphatic hydroxyl groups is 1. The third-order valence-electron chi connectivity index (χ3n) is 14.0. The van der Waals surface area contributed by atoms with Gasteiger partial charge < -0.3 is 45.0 Å². The highest BCUT2D eigenvalue weighted by Crippen LogP contribution is 2.31. The number of likely N-dealkylation sites (tertiary alicyclic amines) is 1. The molecule has 1 aromatic carbocycles. The number of aliphatic hydroxyl groups excluding tert-OH is 1. The number of unbranched alkanes of at least 4 members (excludes halogenated alkanes) is 2. The maximum absolute atomic E-state index is 14.3. The number of Topliss-reactive ketones (excluding diaryl/α,β-unsaturated/α-hetero) is 1. The van der Waals surface area contributed by atoms with Crippen LogP contribution in [0.5, 0.6) is 0 Å². The molecule has 1 saturated heterocycles. The number of rotatable bonds is 29. The van der Waals surface area contributed by atoms with E-state index >= 15 is 0 Å². The van der Waals surface area contributed by atoms with Crippen molar-refractivity contribution < 1.29 is 53.2 Å². The zero-order chi connectivity index (χ0) is 51.7. The van der Waals surface area contributed by atoms with Crippen molar-refractivity contribution in [3.05, 3.63) is 59.2 Å². The molecule has 0 aromatic heterocycles. The van der Waals surface area contributed by atoms with Gasteiger partial charge in [0.1, 0.15) is 18.3 Å². The van der Waals surface area contributed by atoms with Crippen molar-refractivity contribution in [1.82, 2.24) is 25.3 Å². The fourth-order valence-corrected chi connectivity index (χ4v) is 9.69. The number of ether oxygens (including phenoxy) is 2. The average Bonchev–Trinajstić information content (AvgIpc) is 3.91. The van der Waals surface area contributed by atoms with Crippen LogP contribution in [-0.2, 0) is 49.5 Å². The van der Waals surface area contributed by atoms with Crippen LogP contribution in [0.1, 0.15) is 124 Å². The molecule has 5 amide bonds. The van der Waals surface area contributed by atoms with Gasteiger partial charge in [0.2, 0.25) is 29.5 Å². The van der Waals surface area contributed by atoms with Gasteiger partial charge in [-0.25, -0.2) is 4.79 Å². The molecule has 16 nitrogen and oxygen atoms in total. The summed E-state index contributed by atoms with van der Waals surface area (Å²) in [5.41, 5.74) is 2.60. The topological polar surface area (TPSA) is 212 Å². The van der Waals surface area contributed by atoms with E-state index in [1.54, 1.807) is 26.0 Å². The van der Waals surface area contributed by atoms with Crippen LogP contribution in [0.3, 0.4) is 0 Å². The number of likely N-dealkylation sites (N-methyl/N-ethyl adjacent to an activating group) is 1. The average molecular weight is 966 g/mol. The third kappa shape index (κ3) is 16.9. The lowest BCUT2D eigenvalue weighted by atomic mass is 9.83. The second-order valence-corrected chi connectivity index (χ2v) is 20.0. The Bertz CT molecular complexity index is 1950. The van der Waals surface area contributed by atoms with Crippen LogP contribution >= 0.6 is 0 Å². The molecule has 0 spiro atoms. The molecule has 10 atom stereocenters. The van der Waals surface area contributed by atoms with Crippen LogP contribution in [0, 0.1) is 36.5 Å². The molecule has 0 aliphatic carbocycles. The largest absolute Gasteiger partial charge is 0.480 e. The molecule has 0 radical (unpaired) electrons. The number of ketones is 1. The fraction of sp³-hybridized carbons (Fsp3) is 0.679. The van der Waals surface area contributed by atoms with Gasteiger partial charge in [-0.05, 0) is 68.9 Å². The minimum atomic E-state index is -1.15. The Morgan fingerprint density at radius 3 is 2.14 bits per heavy atom. The normalized spacial score (nSPS) is 19.8. The Morgan fingerprint density at radius 2 is 1.59 bits per heavy atom. The first-order valence-corrected chi connectivity index (χ1v) is 24.9. The summed E-state index contributed by atoms with van der Waals surface area (Å²) >= 11 is 0. The number of aliphatic carboxylic acids is 1. The van der Waals surface area contributed by atoms with Crippen molar-refractivity contribution >= 4 is 41.3 Å². The van der Waals surface area contributed by atoms with Gasteiger partial charge in [-0.2, -0.15) is 0 Å². The number of nitrogens with zero attached hydrogens (tertiary/aromatic N) is 3. The second-order valence-electron chi connectivity index (χ2n) is 20.0. The Morgan fingerprint density at radius 1 is 0.928 bits per heavy atom. The standard InChI is InChI=1S/C53H83N5O11/c1-13-36(8)39(43(68-11)31-47(63)57-27-17-18-41(57)50(69-12)37(9)51(64)54-40(53(66)67)30-38-22-20-34(6)21-23-38)28-35(7)29-42(59)48(32(2)3)55-52(65)49(33(4)5)56(10)44(60)19-15-14-16-26-58-45(61)24-25-46(58)62/h20-25,28,32-33,36-37,39-41,43,45,48-50,61H,13-19,26-27,29-31H2,1-12H3,(H,54,64)(H,55,65)(H,66,67)/b35-28+/t36-,37+,39-,40?,41-,43+,45?,48-,49-,50+/m0/s1. The van der Waals surface area contributed by atoms with E-state index in [-0.39, 0.29) is 72.9 Å². The molecule has 2 aliphatic heterocycles. The number of carboxylic acid groups (broad SMARTS) is 1. The Labute approximate surface area is 411 Å². The molecule has 0 bridgehead atoms. The summed E-state index contributed by atoms with van der Waals surface area (Å²) in [6.45, 7) is 17.9. The predicted molar refractivity (Wildman–Crippen MR) is 264 cm³/mol. The Hall–Kier alpha value is -4.93. The van der Waals surface area contributed by atoms with Crippen LogP contribution < -0.4 is 10.6 Å². The van der Waals surface area contributed by atoms with Crippen molar-refractivity contribution in [2.75, 3.05) is 34.4 Å². The summed E-state index contributed by atoms with van der Waals surface area (Å²) in [4.78, 5) is 97.9. The number of carbonyl (C=O) groups is 7. The molecule has 2 heterocycles. The Kier molecular flexibility index (Phi) is 23.7. The fourth-order valence-electron chi connectivity index (χ4n) is 9.69. The molecule has 1 fully saturated rings. The minimum absolute atomic E-state index is 0.0450. The lowest BCUT2D eigenvalue weighted by Crippen LogP contribution is -2.55. The second kappa shape index (κ2) is 28.1. The number of carbonyl (C=O) groups excluding carboxylic acids is 6. The molecule has 2 unspecified atom stereocenters. The summed E-state index contributed by atoms with van der Waals surface area (Å²) in [5, 5.41) is 25.6. The molecule has 2 aliphatic rings. The van der Waals surface area contributed by atoms with Crippen LogP contribution in [0.4, 0.5) is 0 Å².